The minimum absolute atomic E-state index is 0.425. The van der Waals surface area contributed by atoms with Gasteiger partial charge in [-0.2, -0.15) is 11.8 Å². The van der Waals surface area contributed by atoms with Crippen LogP contribution in [-0.2, 0) is 0 Å². The highest BCUT2D eigenvalue weighted by molar-refractivity contribution is 9.10. The SMILES string of the molecule is CC(C)c1[nH]c(C2CSCCS2)nc(=S)c1Br. The van der Waals surface area contributed by atoms with Gasteiger partial charge in [-0.15, -0.1) is 11.8 Å². The van der Waals surface area contributed by atoms with E-state index in [1.807, 2.05) is 23.5 Å². The molecule has 1 fully saturated rings. The second-order valence-electron chi connectivity index (χ2n) is 4.24. The van der Waals surface area contributed by atoms with Crippen LogP contribution in [0.5, 0.6) is 0 Å². The van der Waals surface area contributed by atoms with E-state index in [4.69, 9.17) is 12.2 Å². The van der Waals surface area contributed by atoms with Gasteiger partial charge in [-0.3, -0.25) is 0 Å². The molecule has 1 aliphatic rings. The molecule has 1 aromatic rings. The number of aromatic nitrogens is 2. The van der Waals surface area contributed by atoms with Crippen LogP contribution in [0.25, 0.3) is 0 Å². The molecule has 0 spiro atoms. The maximum atomic E-state index is 5.32. The van der Waals surface area contributed by atoms with Crippen LogP contribution in [0.3, 0.4) is 0 Å². The van der Waals surface area contributed by atoms with E-state index in [9.17, 15) is 0 Å². The van der Waals surface area contributed by atoms with Crippen LogP contribution in [0, 0.1) is 4.64 Å². The summed E-state index contributed by atoms with van der Waals surface area (Å²) in [5.41, 5.74) is 1.16. The summed E-state index contributed by atoms with van der Waals surface area (Å²) in [5.74, 6) is 5.04. The lowest BCUT2D eigenvalue weighted by atomic mass is 10.1. The third-order valence-corrected chi connectivity index (χ3v) is 6.73. The van der Waals surface area contributed by atoms with Gasteiger partial charge in [-0.1, -0.05) is 26.1 Å². The Morgan fingerprint density at radius 3 is 2.82 bits per heavy atom. The third kappa shape index (κ3) is 3.28. The molecule has 1 N–H and O–H groups in total. The minimum atomic E-state index is 0.425. The fraction of sp³-hybridized carbons (Fsp3) is 0.636. The predicted molar refractivity (Wildman–Crippen MR) is 83.7 cm³/mol. The summed E-state index contributed by atoms with van der Waals surface area (Å²) < 4.78 is 1.62. The van der Waals surface area contributed by atoms with E-state index < -0.39 is 0 Å². The zero-order valence-electron chi connectivity index (χ0n) is 9.83. The second kappa shape index (κ2) is 6.08. The van der Waals surface area contributed by atoms with Gasteiger partial charge in [0, 0.05) is 23.0 Å². The van der Waals surface area contributed by atoms with Crippen LogP contribution in [-0.4, -0.2) is 27.2 Å². The van der Waals surface area contributed by atoms with E-state index in [0.717, 1.165) is 21.7 Å². The molecule has 0 amide bonds. The van der Waals surface area contributed by atoms with Crippen molar-refractivity contribution < 1.29 is 0 Å². The second-order valence-corrected chi connectivity index (χ2v) is 7.88. The van der Waals surface area contributed by atoms with Crippen molar-refractivity contribution in [2.24, 2.45) is 0 Å². The molecule has 2 rings (SSSR count). The van der Waals surface area contributed by atoms with Gasteiger partial charge < -0.3 is 4.98 Å². The van der Waals surface area contributed by atoms with Gasteiger partial charge in [-0.25, -0.2) is 4.98 Å². The number of thioether (sulfide) groups is 2. The molecule has 6 heteroatoms. The monoisotopic (exact) mass is 350 g/mol. The summed E-state index contributed by atoms with van der Waals surface area (Å²) in [6, 6.07) is 0. The molecule has 17 heavy (non-hydrogen) atoms. The number of hydrogen-bond donors (Lipinski definition) is 1. The Morgan fingerprint density at radius 2 is 2.24 bits per heavy atom. The van der Waals surface area contributed by atoms with Crippen molar-refractivity contribution in [3.05, 3.63) is 20.6 Å². The van der Waals surface area contributed by atoms with Crippen LogP contribution in [0.1, 0.15) is 36.5 Å². The molecule has 1 atom stereocenters. The highest BCUT2D eigenvalue weighted by atomic mass is 79.9. The molecule has 0 aromatic carbocycles. The normalized spacial score (nSPS) is 20.8. The number of H-pyrrole nitrogens is 1. The van der Waals surface area contributed by atoms with Crippen molar-refractivity contribution >= 4 is 51.7 Å². The molecule has 0 saturated carbocycles. The van der Waals surface area contributed by atoms with E-state index in [2.05, 4.69) is 39.7 Å². The lowest BCUT2D eigenvalue weighted by molar-refractivity contribution is 0.773. The number of nitrogens with one attached hydrogen (secondary N) is 1. The fourth-order valence-electron chi connectivity index (χ4n) is 1.69. The zero-order chi connectivity index (χ0) is 12.4. The molecule has 0 bridgehead atoms. The van der Waals surface area contributed by atoms with Crippen molar-refractivity contribution in [1.82, 2.24) is 9.97 Å². The summed E-state index contributed by atoms with van der Waals surface area (Å²) in [6.45, 7) is 4.33. The molecule has 0 radical (unpaired) electrons. The maximum absolute atomic E-state index is 5.32. The Kier molecular flexibility index (Phi) is 4.97. The zero-order valence-corrected chi connectivity index (χ0v) is 13.9. The van der Waals surface area contributed by atoms with Gasteiger partial charge in [0.2, 0.25) is 0 Å². The number of halogens is 1. The van der Waals surface area contributed by atoms with Crippen molar-refractivity contribution in [3.8, 4) is 0 Å². The number of rotatable bonds is 2. The molecule has 1 saturated heterocycles. The highest BCUT2D eigenvalue weighted by Gasteiger charge is 2.20. The summed E-state index contributed by atoms with van der Waals surface area (Å²) in [6.07, 6.45) is 0. The van der Waals surface area contributed by atoms with E-state index in [0.29, 0.717) is 15.8 Å². The predicted octanol–water partition coefficient (Wildman–Crippen LogP) is 4.55. The van der Waals surface area contributed by atoms with Crippen LogP contribution < -0.4 is 0 Å². The largest absolute Gasteiger partial charge is 0.345 e. The smallest absolute Gasteiger partial charge is 0.144 e. The Hall–Kier alpha value is 0.480. The maximum Gasteiger partial charge on any atom is 0.144 e. The number of aromatic amines is 1. The van der Waals surface area contributed by atoms with Crippen LogP contribution in [0.2, 0.25) is 0 Å². The summed E-state index contributed by atoms with van der Waals surface area (Å²) in [7, 11) is 0. The first-order valence-corrected chi connectivity index (χ1v) is 8.99. The lowest BCUT2D eigenvalue weighted by Gasteiger charge is -2.21. The Balaban J connectivity index is 2.37. The van der Waals surface area contributed by atoms with Gasteiger partial charge in [0.05, 0.1) is 9.72 Å². The average molecular weight is 351 g/mol. The van der Waals surface area contributed by atoms with Crippen molar-refractivity contribution in [2.75, 3.05) is 17.3 Å². The van der Waals surface area contributed by atoms with E-state index in [1.54, 1.807) is 0 Å². The summed E-state index contributed by atoms with van der Waals surface area (Å²) in [5, 5.41) is 0.459. The van der Waals surface area contributed by atoms with Gasteiger partial charge >= 0.3 is 0 Å². The Morgan fingerprint density at radius 1 is 1.47 bits per heavy atom. The molecular weight excluding hydrogens is 336 g/mol. The topological polar surface area (TPSA) is 28.7 Å². The van der Waals surface area contributed by atoms with Gasteiger partial charge in [-0.05, 0) is 21.8 Å². The Labute approximate surface area is 124 Å². The lowest BCUT2D eigenvalue weighted by Crippen LogP contribution is -2.12. The first-order chi connectivity index (χ1) is 8.09. The number of hydrogen-bond acceptors (Lipinski definition) is 4. The first-order valence-electron chi connectivity index (χ1n) is 5.58. The molecule has 1 aliphatic heterocycles. The molecular formula is C11H15BrN2S3. The standard InChI is InChI=1S/C11H15BrN2S3/c1-6(2)9-8(12)11(15)14-10(13-9)7-5-16-3-4-17-7/h6-7H,3-5H2,1-2H3,(H,13,14,15). The molecule has 1 aromatic heterocycles. The van der Waals surface area contributed by atoms with Crippen molar-refractivity contribution in [1.29, 1.82) is 0 Å². The van der Waals surface area contributed by atoms with E-state index >= 15 is 0 Å². The van der Waals surface area contributed by atoms with Gasteiger partial charge in [0.15, 0.2) is 0 Å². The molecule has 2 heterocycles. The van der Waals surface area contributed by atoms with Crippen molar-refractivity contribution in [3.63, 3.8) is 0 Å². The highest BCUT2D eigenvalue weighted by Crippen LogP contribution is 2.36. The summed E-state index contributed by atoms with van der Waals surface area (Å²) in [4.78, 5) is 7.98. The fourth-order valence-corrected chi connectivity index (χ4v) is 5.17. The van der Waals surface area contributed by atoms with Crippen LogP contribution in [0.4, 0.5) is 0 Å². The average Bonchev–Trinajstić information content (AvgIpc) is 2.33. The molecule has 94 valence electrons. The number of nitrogens with zero attached hydrogens (tertiary/aromatic N) is 1. The van der Waals surface area contributed by atoms with Gasteiger partial charge in [0.25, 0.3) is 0 Å². The summed E-state index contributed by atoms with van der Waals surface area (Å²) >= 11 is 12.8. The first kappa shape index (κ1) is 13.9. The molecule has 0 aliphatic carbocycles. The molecule has 2 nitrogen and oxygen atoms in total. The van der Waals surface area contributed by atoms with Crippen LogP contribution >= 0.6 is 51.7 Å². The third-order valence-electron chi connectivity index (χ3n) is 2.61. The van der Waals surface area contributed by atoms with E-state index in [1.165, 1.54) is 11.5 Å². The Bertz CT molecular complexity index is 453. The van der Waals surface area contributed by atoms with Gasteiger partial charge in [0.1, 0.15) is 10.5 Å². The van der Waals surface area contributed by atoms with E-state index in [-0.39, 0.29) is 0 Å². The quantitative estimate of drug-likeness (QED) is 0.792. The minimum Gasteiger partial charge on any atom is -0.345 e. The molecule has 1 unspecified atom stereocenters. The van der Waals surface area contributed by atoms with Crippen LogP contribution in [0.15, 0.2) is 4.47 Å². The van der Waals surface area contributed by atoms with Crippen molar-refractivity contribution in [2.45, 2.75) is 25.0 Å².